The van der Waals surface area contributed by atoms with Crippen molar-refractivity contribution in [3.8, 4) is 0 Å². The summed E-state index contributed by atoms with van der Waals surface area (Å²) >= 11 is 0. The van der Waals surface area contributed by atoms with Crippen LogP contribution in [0.5, 0.6) is 0 Å². The molecule has 4 nitrogen and oxygen atoms in total. The van der Waals surface area contributed by atoms with Gasteiger partial charge in [-0.15, -0.1) is 0 Å². The highest BCUT2D eigenvalue weighted by Gasteiger charge is 2.38. The highest BCUT2D eigenvalue weighted by Crippen LogP contribution is 2.36. The second-order valence-electron chi connectivity index (χ2n) is 5.99. The molecule has 1 aliphatic rings. The lowest BCUT2D eigenvalue weighted by Gasteiger charge is -2.36. The fraction of sp³-hybridized carbons (Fsp3) is 1.00. The van der Waals surface area contributed by atoms with Gasteiger partial charge >= 0.3 is 0 Å². The van der Waals surface area contributed by atoms with Crippen LogP contribution in [-0.2, 0) is 14.4 Å². The summed E-state index contributed by atoms with van der Waals surface area (Å²) in [4.78, 5) is 0. The van der Waals surface area contributed by atoms with Crippen LogP contribution in [0.3, 0.4) is 0 Å². The number of nitrogens with one attached hydrogen (secondary N) is 1. The molecule has 0 aliphatic carbocycles. The van der Waals surface area contributed by atoms with Crippen LogP contribution >= 0.6 is 0 Å². The average molecular weight is 265 g/mol. The van der Waals surface area contributed by atoms with E-state index in [0.29, 0.717) is 13.0 Å². The van der Waals surface area contributed by atoms with Crippen molar-refractivity contribution >= 4 is 18.3 Å². The van der Waals surface area contributed by atoms with E-state index in [0.717, 1.165) is 0 Å². The molecule has 0 amide bonds. The highest BCUT2D eigenvalue weighted by molar-refractivity contribution is 7.89. The molecule has 1 saturated heterocycles. The lowest BCUT2D eigenvalue weighted by molar-refractivity contribution is 0.257. The molecule has 0 saturated carbocycles. The predicted octanol–water partition coefficient (Wildman–Crippen LogP) is 1.70. The minimum atomic E-state index is -3.01. The van der Waals surface area contributed by atoms with Gasteiger partial charge in [0.25, 0.3) is 0 Å². The largest absolute Gasteiger partial charge is 0.415 e. The van der Waals surface area contributed by atoms with Gasteiger partial charge in [0.2, 0.25) is 10.0 Å². The SMILES string of the molecule is CC(C)(C)[Si](C)(C)OCC1CCS(=O)(=O)N1. The first-order valence-electron chi connectivity index (χ1n) is 5.67. The van der Waals surface area contributed by atoms with Crippen LogP contribution in [0, 0.1) is 0 Å². The monoisotopic (exact) mass is 265 g/mol. The normalized spacial score (nSPS) is 25.9. The molecule has 16 heavy (non-hydrogen) atoms. The molecule has 0 aromatic rings. The van der Waals surface area contributed by atoms with Gasteiger partial charge in [0, 0.05) is 6.04 Å². The summed E-state index contributed by atoms with van der Waals surface area (Å²) < 4.78 is 31.0. The van der Waals surface area contributed by atoms with E-state index in [-0.39, 0.29) is 16.8 Å². The van der Waals surface area contributed by atoms with E-state index in [1.165, 1.54) is 0 Å². The van der Waals surface area contributed by atoms with Gasteiger partial charge in [0.1, 0.15) is 0 Å². The summed E-state index contributed by atoms with van der Waals surface area (Å²) in [5, 5.41) is 0.171. The third kappa shape index (κ3) is 3.55. The van der Waals surface area contributed by atoms with Gasteiger partial charge in [-0.1, -0.05) is 20.8 Å². The first-order valence-corrected chi connectivity index (χ1v) is 10.2. The third-order valence-electron chi connectivity index (χ3n) is 3.53. The molecule has 1 unspecified atom stereocenters. The first kappa shape index (κ1) is 14.1. The maximum atomic E-state index is 11.2. The second-order valence-corrected chi connectivity index (χ2v) is 12.7. The van der Waals surface area contributed by atoms with Crippen molar-refractivity contribution in [2.75, 3.05) is 12.4 Å². The van der Waals surface area contributed by atoms with Crippen LogP contribution < -0.4 is 4.72 Å². The molecule has 6 heteroatoms. The molecular formula is C10H23NO3SSi. The van der Waals surface area contributed by atoms with Crippen LogP contribution in [0.25, 0.3) is 0 Å². The van der Waals surface area contributed by atoms with E-state index in [9.17, 15) is 8.42 Å². The Bertz CT molecular complexity index is 346. The Morgan fingerprint density at radius 2 is 1.94 bits per heavy atom. The van der Waals surface area contributed by atoms with Crippen molar-refractivity contribution in [2.45, 2.75) is 51.4 Å². The first-order chi connectivity index (χ1) is 7.04. The highest BCUT2D eigenvalue weighted by atomic mass is 32.2. The topological polar surface area (TPSA) is 55.4 Å². The fourth-order valence-electron chi connectivity index (χ4n) is 1.31. The van der Waals surface area contributed by atoms with Crippen molar-refractivity contribution < 1.29 is 12.8 Å². The number of rotatable bonds is 3. The maximum absolute atomic E-state index is 11.2. The number of hydrogen-bond donors (Lipinski definition) is 1. The molecule has 0 radical (unpaired) electrons. The van der Waals surface area contributed by atoms with Crippen LogP contribution in [0.1, 0.15) is 27.2 Å². The minimum Gasteiger partial charge on any atom is -0.415 e. The van der Waals surface area contributed by atoms with Crippen molar-refractivity contribution in [1.29, 1.82) is 0 Å². The van der Waals surface area contributed by atoms with E-state index in [1.807, 2.05) is 0 Å². The summed E-state index contributed by atoms with van der Waals surface area (Å²) in [6.45, 7) is 11.4. The smallest absolute Gasteiger partial charge is 0.211 e. The summed E-state index contributed by atoms with van der Waals surface area (Å²) in [5.41, 5.74) is 0. The molecule has 0 aromatic carbocycles. The summed E-state index contributed by atoms with van der Waals surface area (Å²) in [6, 6.07) is -0.0286. The van der Waals surface area contributed by atoms with Crippen LogP contribution in [0.15, 0.2) is 0 Å². The number of sulfonamides is 1. The Morgan fingerprint density at radius 3 is 2.31 bits per heavy atom. The minimum absolute atomic E-state index is 0.0286. The zero-order chi connectivity index (χ0) is 12.6. The van der Waals surface area contributed by atoms with Crippen LogP contribution in [-0.4, -0.2) is 35.1 Å². The molecule has 96 valence electrons. The van der Waals surface area contributed by atoms with E-state index < -0.39 is 18.3 Å². The second kappa shape index (κ2) is 4.40. The van der Waals surface area contributed by atoms with Crippen LogP contribution in [0.4, 0.5) is 0 Å². The Morgan fingerprint density at radius 1 is 1.38 bits per heavy atom. The molecule has 0 spiro atoms. The van der Waals surface area contributed by atoms with Gasteiger partial charge in [-0.05, 0) is 24.6 Å². The van der Waals surface area contributed by atoms with Crippen molar-refractivity contribution in [3.05, 3.63) is 0 Å². The van der Waals surface area contributed by atoms with Crippen LogP contribution in [0.2, 0.25) is 18.1 Å². The zero-order valence-corrected chi connectivity index (χ0v) is 12.6. The quantitative estimate of drug-likeness (QED) is 0.790. The van der Waals surface area contributed by atoms with Gasteiger partial charge in [-0.3, -0.25) is 0 Å². The lowest BCUT2D eigenvalue weighted by Crippen LogP contribution is -2.44. The number of hydrogen-bond acceptors (Lipinski definition) is 3. The van der Waals surface area contributed by atoms with E-state index >= 15 is 0 Å². The predicted molar refractivity (Wildman–Crippen MR) is 68.5 cm³/mol. The summed E-state index contributed by atoms with van der Waals surface area (Å²) in [7, 11) is -4.77. The molecule has 1 N–H and O–H groups in total. The Labute approximate surface area is 99.9 Å². The summed E-state index contributed by atoms with van der Waals surface area (Å²) in [5.74, 6) is 0.235. The lowest BCUT2D eigenvalue weighted by atomic mass is 10.2. The summed E-state index contributed by atoms with van der Waals surface area (Å²) in [6.07, 6.45) is 0.664. The van der Waals surface area contributed by atoms with E-state index in [4.69, 9.17) is 4.43 Å². The van der Waals surface area contributed by atoms with Gasteiger partial charge in [0.05, 0.1) is 12.4 Å². The molecule has 0 aromatic heterocycles. The Kier molecular flexibility index (Phi) is 3.89. The molecule has 1 rings (SSSR count). The third-order valence-corrected chi connectivity index (χ3v) is 9.50. The van der Waals surface area contributed by atoms with Gasteiger partial charge in [0.15, 0.2) is 8.32 Å². The van der Waals surface area contributed by atoms with Gasteiger partial charge in [-0.2, -0.15) is 0 Å². The maximum Gasteiger partial charge on any atom is 0.211 e. The Hall–Kier alpha value is 0.0869. The van der Waals surface area contributed by atoms with E-state index in [2.05, 4.69) is 38.6 Å². The van der Waals surface area contributed by atoms with Crippen molar-refractivity contribution in [2.24, 2.45) is 0 Å². The molecule has 1 heterocycles. The average Bonchev–Trinajstić information content (AvgIpc) is 2.40. The standard InChI is InChI=1S/C10H23NO3SSi/c1-10(2,3)16(4,5)14-8-9-6-7-15(12,13)11-9/h9,11H,6-8H2,1-5H3. The van der Waals surface area contributed by atoms with Gasteiger partial charge < -0.3 is 4.43 Å². The van der Waals surface area contributed by atoms with Gasteiger partial charge in [-0.25, -0.2) is 13.1 Å². The Balaban J connectivity index is 2.48. The molecular weight excluding hydrogens is 242 g/mol. The fourth-order valence-corrected chi connectivity index (χ4v) is 3.77. The van der Waals surface area contributed by atoms with Crippen molar-refractivity contribution in [3.63, 3.8) is 0 Å². The molecule has 1 atom stereocenters. The molecule has 0 bridgehead atoms. The van der Waals surface area contributed by atoms with Crippen molar-refractivity contribution in [1.82, 2.24) is 4.72 Å². The van der Waals surface area contributed by atoms with E-state index in [1.54, 1.807) is 0 Å². The molecule has 1 aliphatic heterocycles. The molecule has 1 fully saturated rings. The zero-order valence-electron chi connectivity index (χ0n) is 10.8.